The second kappa shape index (κ2) is 8.63. The summed E-state index contributed by atoms with van der Waals surface area (Å²) in [6, 6.07) is 12.1. The van der Waals surface area contributed by atoms with Crippen LogP contribution in [0.4, 0.5) is 0 Å². The maximum atomic E-state index is 13.0. The van der Waals surface area contributed by atoms with Gasteiger partial charge in [-0.25, -0.2) is 17.8 Å². The zero-order valence-electron chi connectivity index (χ0n) is 16.6. The number of para-hydroxylation sites is 1. The molecule has 1 aromatic heterocycles. The van der Waals surface area contributed by atoms with Crippen molar-refractivity contribution < 1.29 is 13.2 Å². The number of rotatable bonds is 7. The van der Waals surface area contributed by atoms with Crippen molar-refractivity contribution in [3.63, 3.8) is 0 Å². The first-order chi connectivity index (χ1) is 14.7. The van der Waals surface area contributed by atoms with E-state index in [0.717, 1.165) is 24.1 Å². The monoisotopic (exact) mass is 478 g/mol. The quantitative estimate of drug-likeness (QED) is 0.557. The second-order valence-corrected chi connectivity index (χ2v) is 9.94. The van der Waals surface area contributed by atoms with Crippen molar-refractivity contribution in [2.24, 2.45) is 0 Å². The molecule has 4 rings (SSSR count). The molecule has 7 nitrogen and oxygen atoms in total. The van der Waals surface area contributed by atoms with Crippen LogP contribution in [0.15, 0.2) is 59.8 Å². The molecular weight excluding hydrogens is 459 g/mol. The Balaban J connectivity index is 1.55. The SMILES string of the molecule is CN(Cc1cnn(-c2ccccc2)c1)C(=O)c1cc(S(=O)(=O)NC2CC2)c(Cl)cc1Cl. The molecule has 1 fully saturated rings. The van der Waals surface area contributed by atoms with Crippen molar-refractivity contribution in [1.82, 2.24) is 19.4 Å². The first-order valence-electron chi connectivity index (χ1n) is 9.60. The van der Waals surface area contributed by atoms with E-state index in [1.165, 1.54) is 17.0 Å². The lowest BCUT2D eigenvalue weighted by molar-refractivity contribution is 0.0785. The fraction of sp³-hybridized carbons (Fsp3) is 0.238. The summed E-state index contributed by atoms with van der Waals surface area (Å²) in [6.45, 7) is 0.271. The summed E-state index contributed by atoms with van der Waals surface area (Å²) in [6.07, 6.45) is 5.08. The van der Waals surface area contributed by atoms with Gasteiger partial charge in [-0.1, -0.05) is 41.4 Å². The number of amides is 1. The van der Waals surface area contributed by atoms with Gasteiger partial charge in [0, 0.05) is 31.4 Å². The van der Waals surface area contributed by atoms with Crippen LogP contribution in [0.2, 0.25) is 10.0 Å². The van der Waals surface area contributed by atoms with Crippen LogP contribution in [0.5, 0.6) is 0 Å². The number of carbonyl (C=O) groups excluding carboxylic acids is 1. The Labute approximate surface area is 190 Å². The topological polar surface area (TPSA) is 84.3 Å². The highest BCUT2D eigenvalue weighted by Gasteiger charge is 2.30. The molecule has 3 aromatic rings. The van der Waals surface area contributed by atoms with Crippen molar-refractivity contribution in [2.45, 2.75) is 30.3 Å². The van der Waals surface area contributed by atoms with Gasteiger partial charge in [-0.3, -0.25) is 4.79 Å². The minimum absolute atomic E-state index is 0.0264. The summed E-state index contributed by atoms with van der Waals surface area (Å²) in [5.41, 5.74) is 1.79. The third-order valence-corrected chi connectivity index (χ3v) is 7.16. The van der Waals surface area contributed by atoms with E-state index in [0.29, 0.717) is 0 Å². The Hall–Kier alpha value is -2.39. The van der Waals surface area contributed by atoms with E-state index < -0.39 is 15.9 Å². The van der Waals surface area contributed by atoms with Crippen LogP contribution in [-0.2, 0) is 16.6 Å². The van der Waals surface area contributed by atoms with E-state index in [-0.39, 0.29) is 33.1 Å². The van der Waals surface area contributed by atoms with Crippen LogP contribution in [0.3, 0.4) is 0 Å². The van der Waals surface area contributed by atoms with Gasteiger partial charge in [-0.2, -0.15) is 5.10 Å². The van der Waals surface area contributed by atoms with E-state index in [9.17, 15) is 13.2 Å². The fourth-order valence-corrected chi connectivity index (χ4v) is 5.26. The zero-order valence-corrected chi connectivity index (χ0v) is 19.0. The third kappa shape index (κ3) is 4.93. The van der Waals surface area contributed by atoms with Crippen molar-refractivity contribution in [1.29, 1.82) is 0 Å². The molecule has 0 atom stereocenters. The van der Waals surface area contributed by atoms with Crippen LogP contribution < -0.4 is 4.72 Å². The highest BCUT2D eigenvalue weighted by atomic mass is 35.5. The van der Waals surface area contributed by atoms with E-state index in [1.807, 2.05) is 36.5 Å². The van der Waals surface area contributed by atoms with E-state index in [4.69, 9.17) is 23.2 Å². The highest BCUT2D eigenvalue weighted by molar-refractivity contribution is 7.89. The molecule has 1 saturated carbocycles. The lowest BCUT2D eigenvalue weighted by Gasteiger charge is -2.18. The summed E-state index contributed by atoms with van der Waals surface area (Å²) in [4.78, 5) is 14.3. The van der Waals surface area contributed by atoms with Crippen molar-refractivity contribution >= 4 is 39.1 Å². The van der Waals surface area contributed by atoms with Crippen molar-refractivity contribution in [3.8, 4) is 5.69 Å². The normalized spacial score (nSPS) is 13.9. The predicted molar refractivity (Wildman–Crippen MR) is 119 cm³/mol. The summed E-state index contributed by atoms with van der Waals surface area (Å²) < 4.78 is 29.5. The Morgan fingerprint density at radius 2 is 1.90 bits per heavy atom. The lowest BCUT2D eigenvalue weighted by Crippen LogP contribution is -2.28. The Kier molecular flexibility index (Phi) is 6.07. The van der Waals surface area contributed by atoms with Crippen LogP contribution in [0.1, 0.15) is 28.8 Å². The average Bonchev–Trinajstić information content (AvgIpc) is 3.41. The van der Waals surface area contributed by atoms with Crippen LogP contribution in [-0.4, -0.2) is 42.1 Å². The molecule has 0 saturated heterocycles. The molecule has 1 aliphatic rings. The Bertz CT molecular complexity index is 1220. The minimum atomic E-state index is -3.84. The number of aromatic nitrogens is 2. The fourth-order valence-electron chi connectivity index (χ4n) is 3.10. The van der Waals surface area contributed by atoms with Gasteiger partial charge in [-0.15, -0.1) is 0 Å². The number of sulfonamides is 1. The smallest absolute Gasteiger partial charge is 0.255 e. The van der Waals surface area contributed by atoms with E-state index in [1.54, 1.807) is 17.9 Å². The van der Waals surface area contributed by atoms with Crippen LogP contribution in [0, 0.1) is 0 Å². The summed E-state index contributed by atoms with van der Waals surface area (Å²) in [5.74, 6) is -0.419. The number of nitrogens with one attached hydrogen (secondary N) is 1. The van der Waals surface area contributed by atoms with Crippen LogP contribution in [0.25, 0.3) is 5.69 Å². The molecule has 1 amide bonds. The minimum Gasteiger partial charge on any atom is -0.337 e. The largest absolute Gasteiger partial charge is 0.337 e. The molecule has 0 spiro atoms. The number of carbonyl (C=O) groups is 1. The number of halogens is 2. The van der Waals surface area contributed by atoms with Gasteiger partial charge < -0.3 is 4.90 Å². The molecule has 1 heterocycles. The molecule has 0 aliphatic heterocycles. The van der Waals surface area contributed by atoms with Gasteiger partial charge in [-0.05, 0) is 37.1 Å². The average molecular weight is 479 g/mol. The lowest BCUT2D eigenvalue weighted by atomic mass is 10.2. The molecule has 31 heavy (non-hydrogen) atoms. The van der Waals surface area contributed by atoms with Crippen LogP contribution >= 0.6 is 23.2 Å². The summed E-state index contributed by atoms with van der Waals surface area (Å²) >= 11 is 12.4. The first-order valence-corrected chi connectivity index (χ1v) is 11.8. The molecule has 1 aliphatic carbocycles. The second-order valence-electron chi connectivity index (χ2n) is 7.45. The zero-order chi connectivity index (χ0) is 22.2. The molecule has 2 aromatic carbocycles. The number of hydrogen-bond donors (Lipinski definition) is 1. The maximum absolute atomic E-state index is 13.0. The molecular formula is C21H20Cl2N4O3S. The molecule has 0 unspecified atom stereocenters. The molecule has 1 N–H and O–H groups in total. The number of nitrogens with zero attached hydrogens (tertiary/aromatic N) is 3. The Morgan fingerprint density at radius 1 is 1.19 bits per heavy atom. The predicted octanol–water partition coefficient (Wildman–Crippen LogP) is 3.89. The van der Waals surface area contributed by atoms with Gasteiger partial charge in [0.2, 0.25) is 10.0 Å². The first kappa shape index (κ1) is 21.8. The number of hydrogen-bond acceptors (Lipinski definition) is 4. The Morgan fingerprint density at radius 3 is 2.58 bits per heavy atom. The van der Waals surface area contributed by atoms with Gasteiger partial charge in [0.05, 0.1) is 27.5 Å². The third-order valence-electron chi connectivity index (χ3n) is 4.86. The van der Waals surface area contributed by atoms with Gasteiger partial charge in [0.1, 0.15) is 4.90 Å². The number of benzene rings is 2. The van der Waals surface area contributed by atoms with Gasteiger partial charge >= 0.3 is 0 Å². The van der Waals surface area contributed by atoms with E-state index >= 15 is 0 Å². The molecule has 162 valence electrons. The van der Waals surface area contributed by atoms with Gasteiger partial charge in [0.25, 0.3) is 5.91 Å². The molecule has 0 radical (unpaired) electrons. The van der Waals surface area contributed by atoms with Crippen molar-refractivity contribution in [2.75, 3.05) is 7.05 Å². The van der Waals surface area contributed by atoms with E-state index in [2.05, 4.69) is 9.82 Å². The highest BCUT2D eigenvalue weighted by Crippen LogP contribution is 2.31. The summed E-state index contributed by atoms with van der Waals surface area (Å²) in [5, 5.41) is 4.39. The summed E-state index contributed by atoms with van der Waals surface area (Å²) in [7, 11) is -2.22. The standard InChI is InChI=1S/C21H20Cl2N4O3S/c1-26(12-14-11-24-27(13-14)16-5-3-2-4-6-16)21(28)17-9-20(19(23)10-18(17)22)31(29,30)25-15-7-8-15/h2-6,9-11,13,15,25H,7-8,12H2,1H3. The molecule has 0 bridgehead atoms. The molecule has 10 heteroatoms. The maximum Gasteiger partial charge on any atom is 0.255 e. The van der Waals surface area contributed by atoms with Crippen molar-refractivity contribution in [3.05, 3.63) is 76.0 Å². The van der Waals surface area contributed by atoms with Gasteiger partial charge in [0.15, 0.2) is 0 Å².